The van der Waals surface area contributed by atoms with Crippen LogP contribution in [0, 0.1) is 19.1 Å². The van der Waals surface area contributed by atoms with Gasteiger partial charge in [-0.1, -0.05) is 91.3 Å². The monoisotopic (exact) mass is 807 g/mol. The average Bonchev–Trinajstić information content (AvgIpc) is 3.12. The Morgan fingerprint density at radius 3 is 1.45 bits per heavy atom. The van der Waals surface area contributed by atoms with Gasteiger partial charge in [-0.2, -0.15) is 17.8 Å². The van der Waals surface area contributed by atoms with Crippen LogP contribution in [0.2, 0.25) is 0 Å². The Bertz CT molecular complexity index is 1850. The van der Waals surface area contributed by atoms with Gasteiger partial charge in [0.2, 0.25) is 0 Å². The molecule has 6 aromatic rings. The zero-order valence-electron chi connectivity index (χ0n) is 26.3. The van der Waals surface area contributed by atoms with Gasteiger partial charge in [-0.15, -0.1) is 94.0 Å². The zero-order chi connectivity index (χ0) is 31.1. The molecule has 2 nitrogen and oxygen atoms in total. The molecule has 0 amide bonds. The van der Waals surface area contributed by atoms with Crippen LogP contribution in [-0.2, 0) is 21.1 Å². The summed E-state index contributed by atoms with van der Waals surface area (Å²) in [4.78, 5) is 0. The molecule has 0 saturated carbocycles. The number of rotatable bonds is 7. The van der Waals surface area contributed by atoms with Crippen LogP contribution in [0.15, 0.2) is 146 Å². The van der Waals surface area contributed by atoms with Crippen LogP contribution in [0.1, 0.15) is 42.5 Å². The van der Waals surface area contributed by atoms with Crippen molar-refractivity contribution in [1.82, 2.24) is 0 Å². The third kappa shape index (κ3) is 7.62. The SMILES string of the molecule is [CH2-]CCC1[N-]c2ccccc2-c2[c-]c(ccc2)C(CC[PH+](c2ccccc2)c2ccccc2)[N-]c2ccccc2-c2[c-]c1ccc2.[Pt]. The van der Waals surface area contributed by atoms with Crippen LogP contribution >= 0.6 is 7.92 Å². The molecule has 4 heteroatoms. The van der Waals surface area contributed by atoms with Gasteiger partial charge in [-0.3, -0.25) is 0 Å². The molecule has 1 aliphatic rings. The van der Waals surface area contributed by atoms with Gasteiger partial charge >= 0.3 is 0 Å². The second-order valence-corrected chi connectivity index (χ2v) is 14.4. The summed E-state index contributed by atoms with van der Waals surface area (Å²) >= 11 is 0. The quantitative estimate of drug-likeness (QED) is 0.114. The van der Waals surface area contributed by atoms with Crippen molar-refractivity contribution in [1.29, 1.82) is 0 Å². The fourth-order valence-electron chi connectivity index (χ4n) is 6.43. The first-order chi connectivity index (χ1) is 22.8. The Hall–Kier alpha value is -3.96. The molecular formula is C43H37N2PPt-4. The fraction of sp³-hybridized carbons (Fsp3) is 0.140. The van der Waals surface area contributed by atoms with Crippen LogP contribution in [-0.4, -0.2) is 6.16 Å². The van der Waals surface area contributed by atoms with Gasteiger partial charge in [0.25, 0.3) is 0 Å². The first-order valence-electron chi connectivity index (χ1n) is 16.2. The van der Waals surface area contributed by atoms with E-state index >= 15 is 0 Å². The molecule has 0 aromatic heterocycles. The van der Waals surface area contributed by atoms with Crippen molar-refractivity contribution < 1.29 is 21.1 Å². The Labute approximate surface area is 295 Å². The predicted octanol–water partition coefficient (Wildman–Crippen LogP) is 11.3. The van der Waals surface area contributed by atoms with Crippen LogP contribution in [0.5, 0.6) is 0 Å². The van der Waals surface area contributed by atoms with Gasteiger partial charge < -0.3 is 17.6 Å². The van der Waals surface area contributed by atoms with E-state index in [1.54, 1.807) is 0 Å². The van der Waals surface area contributed by atoms with Gasteiger partial charge in [0, 0.05) is 21.1 Å². The number of nitrogens with zero attached hydrogens (tertiary/aromatic N) is 2. The zero-order valence-corrected chi connectivity index (χ0v) is 29.5. The summed E-state index contributed by atoms with van der Waals surface area (Å²) in [5.74, 6) is 0. The van der Waals surface area contributed by atoms with E-state index in [4.69, 9.17) is 10.6 Å². The van der Waals surface area contributed by atoms with Crippen molar-refractivity contribution in [3.63, 3.8) is 0 Å². The number of para-hydroxylation sites is 2. The van der Waals surface area contributed by atoms with Gasteiger partial charge in [-0.25, -0.2) is 0 Å². The molecule has 0 N–H and O–H groups in total. The molecule has 0 spiro atoms. The maximum atomic E-state index is 5.56. The predicted molar refractivity (Wildman–Crippen MR) is 197 cm³/mol. The van der Waals surface area contributed by atoms with Crippen LogP contribution in [0.25, 0.3) is 32.9 Å². The van der Waals surface area contributed by atoms with Gasteiger partial charge in [0.1, 0.15) is 0 Å². The van der Waals surface area contributed by atoms with Gasteiger partial charge in [0.05, 0.1) is 24.7 Å². The molecule has 0 saturated heterocycles. The summed E-state index contributed by atoms with van der Waals surface area (Å²) in [6, 6.07) is 59.4. The molecule has 47 heavy (non-hydrogen) atoms. The minimum absolute atomic E-state index is 0. The standard InChI is InChI=1S/C43H36N2P.Pt/c1-2-15-40-34-18-13-16-32(30-34)39-25-10-12-27-43(39)45-41(35-19-14-17-33(31-35)38-24-9-11-26-42(38)44-40)28-29-46(36-20-5-3-6-21-36)37-22-7-4-8-23-37;/h3-14,16-27,40-41H,1-2,15,28-29H2;/q-5;/p+1. The van der Waals surface area contributed by atoms with Crippen LogP contribution in [0.4, 0.5) is 11.4 Å². The van der Waals surface area contributed by atoms with E-state index in [0.29, 0.717) is 0 Å². The van der Waals surface area contributed by atoms with Crippen LogP contribution < -0.4 is 10.6 Å². The van der Waals surface area contributed by atoms with Crippen LogP contribution in [0.3, 0.4) is 0 Å². The minimum atomic E-state index is -1.03. The molecule has 238 valence electrons. The molecule has 7 rings (SSSR count). The molecule has 1 heterocycles. The number of benzene rings is 6. The van der Waals surface area contributed by atoms with Crippen molar-refractivity contribution >= 4 is 29.9 Å². The molecule has 2 atom stereocenters. The summed E-state index contributed by atoms with van der Waals surface area (Å²) in [5, 5.41) is 13.7. The maximum Gasteiger partial charge on any atom is 0.0966 e. The number of hydrogen-bond donors (Lipinski definition) is 0. The molecule has 0 radical (unpaired) electrons. The normalized spacial score (nSPS) is 15.2. The number of hydrogen-bond acceptors (Lipinski definition) is 0. The molecule has 0 fully saturated rings. The number of fused-ring (bicyclic) bond motifs is 8. The smallest absolute Gasteiger partial charge is 0.0966 e. The van der Waals surface area contributed by atoms with Crippen molar-refractivity contribution in [2.24, 2.45) is 0 Å². The largest absolute Gasteiger partial charge is 0.687 e. The summed E-state index contributed by atoms with van der Waals surface area (Å²) < 4.78 is 0. The van der Waals surface area contributed by atoms with Crippen molar-refractivity contribution in [2.45, 2.75) is 31.3 Å². The van der Waals surface area contributed by atoms with Gasteiger partial charge in [0.15, 0.2) is 0 Å². The second-order valence-electron chi connectivity index (χ2n) is 11.8. The molecule has 4 bridgehead atoms. The van der Waals surface area contributed by atoms with E-state index in [1.165, 1.54) is 10.6 Å². The Kier molecular flexibility index (Phi) is 11.0. The summed E-state index contributed by atoms with van der Waals surface area (Å²) in [7, 11) is -1.03. The second kappa shape index (κ2) is 15.8. The molecule has 2 unspecified atom stereocenters. The summed E-state index contributed by atoms with van der Waals surface area (Å²) in [6.45, 7) is 4.17. The molecule has 1 aliphatic heterocycles. The Morgan fingerprint density at radius 2 is 0.957 bits per heavy atom. The first-order valence-corrected chi connectivity index (χ1v) is 17.9. The molecular weight excluding hydrogens is 771 g/mol. The third-order valence-electron chi connectivity index (χ3n) is 8.72. The van der Waals surface area contributed by atoms with Crippen molar-refractivity contribution in [2.75, 3.05) is 6.16 Å². The summed E-state index contributed by atoms with van der Waals surface area (Å²) in [6.07, 6.45) is 3.60. The fourth-order valence-corrected chi connectivity index (χ4v) is 9.09. The van der Waals surface area contributed by atoms with Gasteiger partial charge in [-0.05, 0) is 30.7 Å². The molecule has 6 aromatic carbocycles. The van der Waals surface area contributed by atoms with E-state index in [9.17, 15) is 0 Å². The summed E-state index contributed by atoms with van der Waals surface area (Å²) in [5.41, 5.74) is 8.40. The first kappa shape index (κ1) is 33.0. The van der Waals surface area contributed by atoms with E-state index in [0.717, 1.165) is 70.2 Å². The van der Waals surface area contributed by atoms with E-state index in [2.05, 4.69) is 165 Å². The van der Waals surface area contributed by atoms with E-state index < -0.39 is 7.92 Å². The maximum absolute atomic E-state index is 5.56. The Morgan fingerprint density at radius 1 is 0.511 bits per heavy atom. The minimum Gasteiger partial charge on any atom is -0.687 e. The Balaban J connectivity index is 0.00000386. The van der Waals surface area contributed by atoms with Crippen molar-refractivity contribution in [3.05, 3.63) is 186 Å². The van der Waals surface area contributed by atoms with E-state index in [-0.39, 0.29) is 33.1 Å². The average molecular weight is 808 g/mol. The van der Waals surface area contributed by atoms with Crippen molar-refractivity contribution in [3.8, 4) is 22.3 Å². The topological polar surface area (TPSA) is 28.2 Å². The third-order valence-corrected chi connectivity index (χ3v) is 11.6. The van der Waals surface area contributed by atoms with E-state index in [1.807, 2.05) is 0 Å². The molecule has 0 aliphatic carbocycles.